The summed E-state index contributed by atoms with van der Waals surface area (Å²) in [4.78, 5) is 17.6. The van der Waals surface area contributed by atoms with E-state index in [1.165, 1.54) is 11.1 Å². The summed E-state index contributed by atoms with van der Waals surface area (Å²) >= 11 is 0. The molecule has 0 radical (unpaired) electrons. The summed E-state index contributed by atoms with van der Waals surface area (Å²) in [6.07, 6.45) is 5.15. The van der Waals surface area contributed by atoms with Gasteiger partial charge in [-0.25, -0.2) is 4.98 Å². The maximum absolute atomic E-state index is 12.0. The Morgan fingerprint density at radius 3 is 2.85 bits per heavy atom. The topological polar surface area (TPSA) is 78.8 Å². The van der Waals surface area contributed by atoms with Crippen molar-refractivity contribution in [1.82, 2.24) is 24.6 Å². The average molecular weight is 276 g/mol. The standard InChI is InChI=1S/C13H20N6O/c1-9(2)19-8-14-5-10(19)6-15-12-11(7-16-17-12)13(20)18(3)4/h5,7-9H,6H2,1-4H3,(H2,15,16,17). The molecular formula is C13H20N6O. The lowest BCUT2D eigenvalue weighted by Crippen LogP contribution is -2.22. The molecule has 20 heavy (non-hydrogen) atoms. The highest BCUT2D eigenvalue weighted by molar-refractivity contribution is 5.98. The Labute approximate surface area is 118 Å². The van der Waals surface area contributed by atoms with Crippen LogP contribution in [0.2, 0.25) is 0 Å². The van der Waals surface area contributed by atoms with E-state index in [2.05, 4.69) is 38.9 Å². The first-order valence-corrected chi connectivity index (χ1v) is 6.50. The molecule has 2 aromatic rings. The molecule has 2 heterocycles. The molecule has 7 heteroatoms. The number of anilines is 1. The van der Waals surface area contributed by atoms with E-state index >= 15 is 0 Å². The number of rotatable bonds is 5. The van der Waals surface area contributed by atoms with Crippen molar-refractivity contribution in [3.63, 3.8) is 0 Å². The Morgan fingerprint density at radius 2 is 2.20 bits per heavy atom. The summed E-state index contributed by atoms with van der Waals surface area (Å²) in [7, 11) is 3.43. The first-order chi connectivity index (χ1) is 9.50. The van der Waals surface area contributed by atoms with Crippen LogP contribution in [0.15, 0.2) is 18.7 Å². The van der Waals surface area contributed by atoms with Crippen LogP contribution in [-0.4, -0.2) is 44.7 Å². The summed E-state index contributed by atoms with van der Waals surface area (Å²) in [6.45, 7) is 4.78. The number of carbonyl (C=O) groups excluding carboxylic acids is 1. The number of nitrogens with one attached hydrogen (secondary N) is 2. The van der Waals surface area contributed by atoms with E-state index in [1.807, 2.05) is 6.20 Å². The van der Waals surface area contributed by atoms with Gasteiger partial charge in [0.1, 0.15) is 11.4 Å². The molecule has 0 aliphatic carbocycles. The number of H-pyrrole nitrogens is 1. The third-order valence-corrected chi connectivity index (χ3v) is 3.02. The van der Waals surface area contributed by atoms with E-state index in [0.717, 1.165) is 5.69 Å². The molecule has 2 aromatic heterocycles. The molecule has 0 fully saturated rings. The van der Waals surface area contributed by atoms with Crippen LogP contribution < -0.4 is 5.32 Å². The molecule has 0 aromatic carbocycles. The molecule has 0 bridgehead atoms. The predicted octanol–water partition coefficient (Wildman–Crippen LogP) is 1.50. The monoisotopic (exact) mass is 276 g/mol. The van der Waals surface area contributed by atoms with Crippen molar-refractivity contribution in [1.29, 1.82) is 0 Å². The van der Waals surface area contributed by atoms with Gasteiger partial charge in [0.15, 0.2) is 0 Å². The van der Waals surface area contributed by atoms with Gasteiger partial charge >= 0.3 is 0 Å². The molecule has 108 valence electrons. The largest absolute Gasteiger partial charge is 0.364 e. The number of hydrogen-bond donors (Lipinski definition) is 2. The smallest absolute Gasteiger partial charge is 0.258 e. The van der Waals surface area contributed by atoms with Crippen LogP contribution in [0.25, 0.3) is 0 Å². The third-order valence-electron chi connectivity index (χ3n) is 3.02. The fourth-order valence-corrected chi connectivity index (χ4v) is 1.94. The zero-order valence-electron chi connectivity index (χ0n) is 12.2. The van der Waals surface area contributed by atoms with Crippen molar-refractivity contribution in [2.75, 3.05) is 19.4 Å². The fraction of sp³-hybridized carbons (Fsp3) is 0.462. The lowest BCUT2D eigenvalue weighted by Gasteiger charge is -2.14. The van der Waals surface area contributed by atoms with Crippen molar-refractivity contribution < 1.29 is 4.79 Å². The summed E-state index contributed by atoms with van der Waals surface area (Å²) in [5.41, 5.74) is 1.59. The Hall–Kier alpha value is -2.31. The average Bonchev–Trinajstić information content (AvgIpc) is 3.03. The molecule has 0 saturated heterocycles. The highest BCUT2D eigenvalue weighted by atomic mass is 16.2. The van der Waals surface area contributed by atoms with Crippen LogP contribution in [0, 0.1) is 0 Å². The van der Waals surface area contributed by atoms with E-state index in [1.54, 1.807) is 20.4 Å². The number of aromatic nitrogens is 4. The van der Waals surface area contributed by atoms with Gasteiger partial charge in [-0.15, -0.1) is 0 Å². The lowest BCUT2D eigenvalue weighted by atomic mass is 10.3. The Kier molecular flexibility index (Phi) is 4.07. The minimum absolute atomic E-state index is 0.0846. The molecule has 7 nitrogen and oxygen atoms in total. The maximum atomic E-state index is 12.0. The number of carbonyl (C=O) groups is 1. The van der Waals surface area contributed by atoms with Gasteiger partial charge < -0.3 is 14.8 Å². The summed E-state index contributed by atoms with van der Waals surface area (Å²) in [5.74, 6) is 0.541. The van der Waals surface area contributed by atoms with Gasteiger partial charge in [0, 0.05) is 26.3 Å². The number of imidazole rings is 1. The molecule has 1 amide bonds. The van der Waals surface area contributed by atoms with Crippen LogP contribution >= 0.6 is 0 Å². The quantitative estimate of drug-likeness (QED) is 0.867. The SMILES string of the molecule is CC(C)n1cncc1CNc1[nH]ncc1C(=O)N(C)C. The zero-order chi connectivity index (χ0) is 14.7. The molecule has 0 saturated carbocycles. The summed E-state index contributed by atoms with van der Waals surface area (Å²) in [5, 5.41) is 9.94. The van der Waals surface area contributed by atoms with Crippen molar-refractivity contribution in [2.45, 2.75) is 26.4 Å². The number of amides is 1. The fourth-order valence-electron chi connectivity index (χ4n) is 1.94. The Bertz CT molecular complexity index is 583. The molecule has 0 aliphatic rings. The number of nitrogens with zero attached hydrogens (tertiary/aromatic N) is 4. The number of aromatic amines is 1. The van der Waals surface area contributed by atoms with Gasteiger partial charge in [-0.2, -0.15) is 5.10 Å². The zero-order valence-corrected chi connectivity index (χ0v) is 12.2. The van der Waals surface area contributed by atoms with E-state index in [9.17, 15) is 4.79 Å². The Balaban J connectivity index is 2.10. The minimum Gasteiger partial charge on any atom is -0.364 e. The second-order valence-electron chi connectivity index (χ2n) is 5.10. The molecular weight excluding hydrogens is 256 g/mol. The lowest BCUT2D eigenvalue weighted by molar-refractivity contribution is 0.0828. The molecule has 0 aliphatic heterocycles. The molecule has 0 unspecified atom stereocenters. The molecule has 2 N–H and O–H groups in total. The van der Waals surface area contributed by atoms with E-state index in [0.29, 0.717) is 24.0 Å². The maximum Gasteiger partial charge on any atom is 0.258 e. The molecule has 2 rings (SSSR count). The first kappa shape index (κ1) is 14.1. The van der Waals surface area contributed by atoms with Gasteiger partial charge in [-0.05, 0) is 13.8 Å². The van der Waals surface area contributed by atoms with Gasteiger partial charge in [-0.3, -0.25) is 9.89 Å². The van der Waals surface area contributed by atoms with Crippen LogP contribution in [0.3, 0.4) is 0 Å². The van der Waals surface area contributed by atoms with Crippen molar-refractivity contribution in [3.05, 3.63) is 30.0 Å². The van der Waals surface area contributed by atoms with Gasteiger partial charge in [0.25, 0.3) is 5.91 Å². The third kappa shape index (κ3) is 2.81. The highest BCUT2D eigenvalue weighted by Crippen LogP contribution is 2.15. The second kappa shape index (κ2) is 5.77. The van der Waals surface area contributed by atoms with Crippen molar-refractivity contribution >= 4 is 11.7 Å². The van der Waals surface area contributed by atoms with Crippen LogP contribution in [0.1, 0.15) is 35.9 Å². The van der Waals surface area contributed by atoms with E-state index < -0.39 is 0 Å². The molecule has 0 atom stereocenters. The van der Waals surface area contributed by atoms with Crippen LogP contribution in [-0.2, 0) is 6.54 Å². The van der Waals surface area contributed by atoms with Gasteiger partial charge in [0.2, 0.25) is 0 Å². The van der Waals surface area contributed by atoms with Gasteiger partial charge in [-0.1, -0.05) is 0 Å². The summed E-state index contributed by atoms with van der Waals surface area (Å²) in [6, 6.07) is 0.346. The van der Waals surface area contributed by atoms with Gasteiger partial charge in [0.05, 0.1) is 24.8 Å². The van der Waals surface area contributed by atoms with Crippen LogP contribution in [0.4, 0.5) is 5.82 Å². The second-order valence-corrected chi connectivity index (χ2v) is 5.10. The normalized spacial score (nSPS) is 10.8. The molecule has 0 spiro atoms. The van der Waals surface area contributed by atoms with Crippen molar-refractivity contribution in [2.24, 2.45) is 0 Å². The first-order valence-electron chi connectivity index (χ1n) is 6.50. The van der Waals surface area contributed by atoms with Crippen LogP contribution in [0.5, 0.6) is 0 Å². The minimum atomic E-state index is -0.0846. The number of hydrogen-bond acceptors (Lipinski definition) is 4. The summed E-state index contributed by atoms with van der Waals surface area (Å²) < 4.78 is 2.08. The highest BCUT2D eigenvalue weighted by Gasteiger charge is 2.15. The van der Waals surface area contributed by atoms with Crippen molar-refractivity contribution in [3.8, 4) is 0 Å². The Morgan fingerprint density at radius 1 is 1.45 bits per heavy atom. The van der Waals surface area contributed by atoms with E-state index in [4.69, 9.17) is 0 Å². The predicted molar refractivity (Wildman–Crippen MR) is 76.5 cm³/mol. The van der Waals surface area contributed by atoms with E-state index in [-0.39, 0.29) is 5.91 Å².